The SMILES string of the molecule is Cc1ccc(C(=O)Nc2cccc(C3NC(=O)C4CSCCN43)c2)cc1. The van der Waals surface area contributed by atoms with Gasteiger partial charge in [0.05, 0.1) is 0 Å². The standard InChI is InChI=1S/C20H21N3O2S/c1-13-5-7-14(8-6-13)19(24)21-16-4-2-3-15(11-16)18-22-20(25)17-12-26-10-9-23(17)18/h2-8,11,17-18H,9-10,12H2,1H3,(H,21,24)(H,22,25). The fourth-order valence-electron chi connectivity index (χ4n) is 3.44. The fraction of sp³-hybridized carbons (Fsp3) is 0.300. The van der Waals surface area contributed by atoms with Gasteiger partial charge in [0.1, 0.15) is 12.2 Å². The molecular formula is C20H21N3O2S. The lowest BCUT2D eigenvalue weighted by atomic mass is 10.1. The second-order valence-corrected chi connectivity index (χ2v) is 7.84. The molecule has 5 nitrogen and oxygen atoms in total. The minimum Gasteiger partial charge on any atom is -0.335 e. The first-order valence-electron chi connectivity index (χ1n) is 8.74. The molecule has 0 spiro atoms. The summed E-state index contributed by atoms with van der Waals surface area (Å²) < 4.78 is 0. The van der Waals surface area contributed by atoms with Crippen LogP contribution in [0.3, 0.4) is 0 Å². The van der Waals surface area contributed by atoms with Crippen molar-refractivity contribution in [1.29, 1.82) is 0 Å². The number of fused-ring (bicyclic) bond motifs is 1. The third-order valence-corrected chi connectivity index (χ3v) is 5.88. The molecule has 6 heteroatoms. The first kappa shape index (κ1) is 17.1. The minimum absolute atomic E-state index is 0.0513. The number of rotatable bonds is 3. The molecule has 0 radical (unpaired) electrons. The maximum Gasteiger partial charge on any atom is 0.255 e. The third-order valence-electron chi connectivity index (χ3n) is 4.86. The molecule has 2 heterocycles. The van der Waals surface area contributed by atoms with Gasteiger partial charge in [0.15, 0.2) is 0 Å². The number of carbonyl (C=O) groups excluding carboxylic acids is 2. The smallest absolute Gasteiger partial charge is 0.255 e. The van der Waals surface area contributed by atoms with Crippen molar-refractivity contribution < 1.29 is 9.59 Å². The Hall–Kier alpha value is -2.31. The highest BCUT2D eigenvalue weighted by atomic mass is 32.2. The Bertz CT molecular complexity index is 837. The third kappa shape index (κ3) is 3.34. The molecule has 2 unspecified atom stereocenters. The van der Waals surface area contributed by atoms with Gasteiger partial charge >= 0.3 is 0 Å². The van der Waals surface area contributed by atoms with Gasteiger partial charge in [-0.15, -0.1) is 0 Å². The maximum atomic E-state index is 12.4. The topological polar surface area (TPSA) is 61.4 Å². The first-order valence-corrected chi connectivity index (χ1v) is 9.89. The van der Waals surface area contributed by atoms with Crippen LogP contribution in [-0.4, -0.2) is 40.8 Å². The van der Waals surface area contributed by atoms with Crippen molar-refractivity contribution in [2.75, 3.05) is 23.4 Å². The van der Waals surface area contributed by atoms with Gasteiger partial charge in [-0.1, -0.05) is 29.8 Å². The molecule has 2 amide bonds. The number of thioether (sulfide) groups is 1. The van der Waals surface area contributed by atoms with E-state index in [1.54, 1.807) is 0 Å². The number of hydrogen-bond donors (Lipinski definition) is 2. The first-order chi connectivity index (χ1) is 12.6. The number of benzene rings is 2. The summed E-state index contributed by atoms with van der Waals surface area (Å²) in [5.74, 6) is 1.83. The average Bonchev–Trinajstić information content (AvgIpc) is 3.00. The van der Waals surface area contributed by atoms with Crippen LogP contribution in [0.5, 0.6) is 0 Å². The quantitative estimate of drug-likeness (QED) is 0.876. The summed E-state index contributed by atoms with van der Waals surface area (Å²) in [6, 6.07) is 15.2. The molecule has 4 rings (SSSR count). The molecule has 2 saturated heterocycles. The monoisotopic (exact) mass is 367 g/mol. The Morgan fingerprint density at radius 2 is 2.04 bits per heavy atom. The molecule has 0 aliphatic carbocycles. The number of aryl methyl sites for hydroxylation is 1. The zero-order valence-corrected chi connectivity index (χ0v) is 15.4. The van der Waals surface area contributed by atoms with Crippen LogP contribution in [0, 0.1) is 6.92 Å². The van der Waals surface area contributed by atoms with Crippen LogP contribution in [-0.2, 0) is 4.79 Å². The molecule has 2 aromatic carbocycles. The van der Waals surface area contributed by atoms with E-state index in [0.29, 0.717) is 5.56 Å². The summed E-state index contributed by atoms with van der Waals surface area (Å²) in [5, 5.41) is 6.04. The summed E-state index contributed by atoms with van der Waals surface area (Å²) in [6.07, 6.45) is -0.121. The highest BCUT2D eigenvalue weighted by Gasteiger charge is 2.41. The lowest BCUT2D eigenvalue weighted by molar-refractivity contribution is -0.121. The Balaban J connectivity index is 1.52. The van der Waals surface area contributed by atoms with E-state index < -0.39 is 0 Å². The minimum atomic E-state index is -0.134. The molecule has 134 valence electrons. The van der Waals surface area contributed by atoms with Crippen LogP contribution < -0.4 is 10.6 Å². The van der Waals surface area contributed by atoms with E-state index >= 15 is 0 Å². The lowest BCUT2D eigenvalue weighted by Crippen LogP contribution is -2.41. The second-order valence-electron chi connectivity index (χ2n) is 6.69. The Morgan fingerprint density at radius 1 is 1.23 bits per heavy atom. The largest absolute Gasteiger partial charge is 0.335 e. The molecule has 2 atom stereocenters. The molecule has 2 aliphatic heterocycles. The van der Waals surface area contributed by atoms with E-state index in [1.165, 1.54) is 0 Å². The van der Waals surface area contributed by atoms with Gasteiger partial charge in [-0.2, -0.15) is 11.8 Å². The van der Waals surface area contributed by atoms with E-state index in [0.717, 1.165) is 34.9 Å². The summed E-state index contributed by atoms with van der Waals surface area (Å²) >= 11 is 1.82. The summed E-state index contributed by atoms with van der Waals surface area (Å²) in [6.45, 7) is 2.88. The second kappa shape index (κ2) is 7.13. The van der Waals surface area contributed by atoms with E-state index in [9.17, 15) is 9.59 Å². The summed E-state index contributed by atoms with van der Waals surface area (Å²) in [4.78, 5) is 26.9. The van der Waals surface area contributed by atoms with Crippen molar-refractivity contribution in [3.05, 3.63) is 65.2 Å². The van der Waals surface area contributed by atoms with E-state index in [2.05, 4.69) is 15.5 Å². The molecule has 0 saturated carbocycles. The maximum absolute atomic E-state index is 12.4. The van der Waals surface area contributed by atoms with Crippen LogP contribution in [0.4, 0.5) is 5.69 Å². The highest BCUT2D eigenvalue weighted by molar-refractivity contribution is 7.99. The van der Waals surface area contributed by atoms with E-state index in [-0.39, 0.29) is 24.0 Å². The Kier molecular flexibility index (Phi) is 4.70. The number of amides is 2. The van der Waals surface area contributed by atoms with Gasteiger partial charge in [0.25, 0.3) is 5.91 Å². The van der Waals surface area contributed by atoms with Crippen LogP contribution in [0.25, 0.3) is 0 Å². The number of carbonyl (C=O) groups is 2. The van der Waals surface area contributed by atoms with E-state index in [4.69, 9.17) is 0 Å². The Morgan fingerprint density at radius 3 is 2.85 bits per heavy atom. The molecule has 2 aromatic rings. The normalized spacial score (nSPS) is 22.6. The van der Waals surface area contributed by atoms with Gasteiger partial charge in [0, 0.05) is 29.3 Å². The molecule has 2 aliphatic rings. The zero-order valence-electron chi connectivity index (χ0n) is 14.6. The van der Waals surface area contributed by atoms with Gasteiger partial charge in [-0.05, 0) is 36.8 Å². The van der Waals surface area contributed by atoms with Crippen molar-refractivity contribution in [3.63, 3.8) is 0 Å². The van der Waals surface area contributed by atoms with Crippen molar-refractivity contribution in [3.8, 4) is 0 Å². The molecule has 2 N–H and O–H groups in total. The lowest BCUT2D eigenvalue weighted by Gasteiger charge is -2.31. The van der Waals surface area contributed by atoms with Crippen molar-refractivity contribution >= 4 is 29.3 Å². The summed E-state index contributed by atoms with van der Waals surface area (Å²) in [5.41, 5.74) is 3.48. The van der Waals surface area contributed by atoms with Gasteiger partial charge in [0.2, 0.25) is 5.91 Å². The van der Waals surface area contributed by atoms with Gasteiger partial charge in [-0.25, -0.2) is 0 Å². The predicted molar refractivity (Wildman–Crippen MR) is 104 cm³/mol. The zero-order chi connectivity index (χ0) is 18.1. The predicted octanol–water partition coefficient (Wildman–Crippen LogP) is 2.79. The Labute approximate surface area is 157 Å². The number of hydrogen-bond acceptors (Lipinski definition) is 4. The number of nitrogens with one attached hydrogen (secondary N) is 2. The summed E-state index contributed by atoms with van der Waals surface area (Å²) in [7, 11) is 0. The number of anilines is 1. The molecule has 2 fully saturated rings. The van der Waals surface area contributed by atoms with E-state index in [1.807, 2.05) is 67.2 Å². The molecule has 0 aromatic heterocycles. The van der Waals surface area contributed by atoms with Crippen molar-refractivity contribution in [2.24, 2.45) is 0 Å². The molecular weight excluding hydrogens is 346 g/mol. The van der Waals surface area contributed by atoms with Crippen molar-refractivity contribution in [2.45, 2.75) is 19.1 Å². The van der Waals surface area contributed by atoms with Gasteiger partial charge < -0.3 is 10.6 Å². The van der Waals surface area contributed by atoms with Crippen LogP contribution >= 0.6 is 11.8 Å². The number of nitrogens with zero attached hydrogens (tertiary/aromatic N) is 1. The fourth-order valence-corrected chi connectivity index (χ4v) is 4.51. The van der Waals surface area contributed by atoms with Crippen LogP contribution in [0.15, 0.2) is 48.5 Å². The van der Waals surface area contributed by atoms with Gasteiger partial charge in [-0.3, -0.25) is 14.5 Å². The molecule has 0 bridgehead atoms. The average molecular weight is 367 g/mol. The molecule has 26 heavy (non-hydrogen) atoms. The van der Waals surface area contributed by atoms with Crippen LogP contribution in [0.2, 0.25) is 0 Å². The van der Waals surface area contributed by atoms with Crippen molar-refractivity contribution in [1.82, 2.24) is 10.2 Å². The van der Waals surface area contributed by atoms with Crippen LogP contribution in [0.1, 0.15) is 27.7 Å². The highest BCUT2D eigenvalue weighted by Crippen LogP contribution is 2.32.